The molecule has 0 aliphatic carbocycles. The Kier molecular flexibility index (Phi) is 2.40. The molecule has 1 aromatic rings. The van der Waals surface area contributed by atoms with Gasteiger partial charge < -0.3 is 0 Å². The summed E-state index contributed by atoms with van der Waals surface area (Å²) in [5.41, 5.74) is 1.02. The van der Waals surface area contributed by atoms with Gasteiger partial charge in [0.15, 0.2) is 0 Å². The van der Waals surface area contributed by atoms with Crippen molar-refractivity contribution in [2.24, 2.45) is 0 Å². The predicted molar refractivity (Wildman–Crippen MR) is 43.0 cm³/mol. The highest BCUT2D eigenvalue weighted by atomic mass is 32.1. The SMILES string of the molecule is C=CCc1ccsc1[C]=O. The van der Waals surface area contributed by atoms with Crippen molar-refractivity contribution in [3.63, 3.8) is 0 Å². The first-order valence-electron chi connectivity index (χ1n) is 2.94. The van der Waals surface area contributed by atoms with Gasteiger partial charge in [-0.2, -0.15) is 0 Å². The second-order valence-electron chi connectivity index (χ2n) is 1.87. The Balaban J connectivity index is 2.89. The molecule has 2 heteroatoms. The number of carbonyl (C=O) groups excluding carboxylic acids is 1. The second-order valence-corrected chi connectivity index (χ2v) is 2.79. The summed E-state index contributed by atoms with van der Waals surface area (Å²) in [7, 11) is 0. The van der Waals surface area contributed by atoms with Crippen LogP contribution in [0.3, 0.4) is 0 Å². The molecule has 0 N–H and O–H groups in total. The summed E-state index contributed by atoms with van der Waals surface area (Å²) in [5, 5.41) is 1.89. The van der Waals surface area contributed by atoms with Crippen molar-refractivity contribution in [3.8, 4) is 0 Å². The highest BCUT2D eigenvalue weighted by Gasteiger charge is 1.99. The zero-order chi connectivity index (χ0) is 7.40. The maximum absolute atomic E-state index is 10.2. The van der Waals surface area contributed by atoms with Gasteiger partial charge in [-0.1, -0.05) is 6.08 Å². The van der Waals surface area contributed by atoms with Crippen LogP contribution in [0.2, 0.25) is 0 Å². The van der Waals surface area contributed by atoms with Gasteiger partial charge in [-0.05, 0) is 23.4 Å². The van der Waals surface area contributed by atoms with Crippen LogP contribution in [0.25, 0.3) is 0 Å². The normalized spacial score (nSPS) is 9.20. The van der Waals surface area contributed by atoms with Gasteiger partial charge in [0.1, 0.15) is 0 Å². The monoisotopic (exact) mass is 151 g/mol. The summed E-state index contributed by atoms with van der Waals surface area (Å²) in [6, 6.07) is 1.92. The topological polar surface area (TPSA) is 17.1 Å². The second kappa shape index (κ2) is 3.32. The Hall–Kier alpha value is -0.890. The van der Waals surface area contributed by atoms with Crippen molar-refractivity contribution in [1.82, 2.24) is 0 Å². The third-order valence-electron chi connectivity index (χ3n) is 1.20. The van der Waals surface area contributed by atoms with E-state index in [4.69, 9.17) is 0 Å². The molecule has 1 aromatic heterocycles. The highest BCUT2D eigenvalue weighted by molar-refractivity contribution is 7.11. The molecule has 1 rings (SSSR count). The van der Waals surface area contributed by atoms with Gasteiger partial charge in [0.2, 0.25) is 6.29 Å². The molecule has 0 spiro atoms. The molecule has 1 nitrogen and oxygen atoms in total. The first kappa shape index (κ1) is 7.22. The van der Waals surface area contributed by atoms with E-state index in [1.54, 1.807) is 6.08 Å². The van der Waals surface area contributed by atoms with Gasteiger partial charge in [-0.25, -0.2) is 0 Å². The molecule has 0 atom stereocenters. The Morgan fingerprint density at radius 3 is 3.20 bits per heavy atom. The summed E-state index contributed by atoms with van der Waals surface area (Å²) >= 11 is 1.42. The van der Waals surface area contributed by atoms with E-state index in [0.717, 1.165) is 12.0 Å². The lowest BCUT2D eigenvalue weighted by Gasteiger charge is -1.87. The average molecular weight is 151 g/mol. The molecule has 0 bridgehead atoms. The van der Waals surface area contributed by atoms with Crippen LogP contribution in [0.4, 0.5) is 0 Å². The maximum Gasteiger partial charge on any atom is 0.244 e. The van der Waals surface area contributed by atoms with Gasteiger partial charge in [-0.15, -0.1) is 17.9 Å². The summed E-state index contributed by atoms with van der Waals surface area (Å²) in [5.74, 6) is 0. The molecule has 1 radical (unpaired) electrons. The molecule has 10 heavy (non-hydrogen) atoms. The standard InChI is InChI=1S/C8H7OS/c1-2-3-7-4-5-10-8(7)6-9/h2,4-5H,1,3H2. The van der Waals surface area contributed by atoms with Gasteiger partial charge in [0.05, 0.1) is 4.88 Å². The highest BCUT2D eigenvalue weighted by Crippen LogP contribution is 2.14. The molecule has 0 unspecified atom stereocenters. The van der Waals surface area contributed by atoms with Crippen molar-refractivity contribution in [1.29, 1.82) is 0 Å². The van der Waals surface area contributed by atoms with E-state index < -0.39 is 0 Å². The van der Waals surface area contributed by atoms with E-state index in [-0.39, 0.29) is 0 Å². The summed E-state index contributed by atoms with van der Waals surface area (Å²) < 4.78 is 0. The summed E-state index contributed by atoms with van der Waals surface area (Å²) in [6.45, 7) is 3.59. The lowest BCUT2D eigenvalue weighted by atomic mass is 10.2. The van der Waals surface area contributed by atoms with Crippen molar-refractivity contribution < 1.29 is 4.79 Å². The Morgan fingerprint density at radius 1 is 1.80 bits per heavy atom. The summed E-state index contributed by atoms with van der Waals surface area (Å²) in [6.07, 6.45) is 4.42. The van der Waals surface area contributed by atoms with Crippen molar-refractivity contribution in [3.05, 3.63) is 34.5 Å². The van der Waals surface area contributed by atoms with E-state index in [1.165, 1.54) is 11.3 Å². The summed E-state index contributed by atoms with van der Waals surface area (Å²) in [4.78, 5) is 10.9. The minimum atomic E-state index is 0.694. The lowest BCUT2D eigenvalue weighted by molar-refractivity contribution is 0.563. The minimum absolute atomic E-state index is 0.694. The van der Waals surface area contributed by atoms with E-state index in [0.29, 0.717) is 4.88 Å². The zero-order valence-corrected chi connectivity index (χ0v) is 6.28. The van der Waals surface area contributed by atoms with E-state index in [9.17, 15) is 4.79 Å². The van der Waals surface area contributed by atoms with Gasteiger partial charge in [0, 0.05) is 0 Å². The Morgan fingerprint density at radius 2 is 2.60 bits per heavy atom. The number of rotatable bonds is 3. The first-order chi connectivity index (χ1) is 4.88. The van der Waals surface area contributed by atoms with Crippen LogP contribution in [0.5, 0.6) is 0 Å². The van der Waals surface area contributed by atoms with Gasteiger partial charge in [-0.3, -0.25) is 4.79 Å². The van der Waals surface area contributed by atoms with Gasteiger partial charge >= 0.3 is 0 Å². The fraction of sp³-hybridized carbons (Fsp3) is 0.125. The molecule has 0 fully saturated rings. The Bertz CT molecular complexity index is 237. The van der Waals surface area contributed by atoms with Crippen LogP contribution in [0.1, 0.15) is 10.4 Å². The zero-order valence-electron chi connectivity index (χ0n) is 5.46. The Labute approximate surface area is 64.0 Å². The smallest absolute Gasteiger partial charge is 0.244 e. The number of thiophene rings is 1. The molecule has 1 heterocycles. The first-order valence-corrected chi connectivity index (χ1v) is 3.82. The number of allylic oxidation sites excluding steroid dienone is 1. The molecule has 0 saturated heterocycles. The average Bonchev–Trinajstić information content (AvgIpc) is 2.36. The van der Waals surface area contributed by atoms with Crippen molar-refractivity contribution >= 4 is 17.6 Å². The van der Waals surface area contributed by atoms with E-state index in [1.807, 2.05) is 17.7 Å². The lowest BCUT2D eigenvalue weighted by Crippen LogP contribution is -1.81. The molecule has 0 aliphatic heterocycles. The van der Waals surface area contributed by atoms with Crippen LogP contribution in [0.15, 0.2) is 24.1 Å². The van der Waals surface area contributed by atoms with Crippen LogP contribution in [0, 0.1) is 0 Å². The molecule has 0 amide bonds. The minimum Gasteiger partial charge on any atom is -0.284 e. The number of hydrogen-bond donors (Lipinski definition) is 0. The molecule has 0 saturated carbocycles. The van der Waals surface area contributed by atoms with Crippen LogP contribution in [-0.2, 0) is 11.2 Å². The fourth-order valence-corrected chi connectivity index (χ4v) is 1.46. The fourth-order valence-electron chi connectivity index (χ4n) is 0.741. The number of hydrogen-bond acceptors (Lipinski definition) is 2. The molecule has 0 aliphatic rings. The van der Waals surface area contributed by atoms with Crippen LogP contribution in [-0.4, -0.2) is 6.29 Å². The van der Waals surface area contributed by atoms with Crippen LogP contribution < -0.4 is 0 Å². The van der Waals surface area contributed by atoms with E-state index >= 15 is 0 Å². The quantitative estimate of drug-likeness (QED) is 0.603. The molecular formula is C8H7OS. The predicted octanol–water partition coefficient (Wildman–Crippen LogP) is 1.93. The van der Waals surface area contributed by atoms with Crippen molar-refractivity contribution in [2.75, 3.05) is 0 Å². The third-order valence-corrected chi connectivity index (χ3v) is 2.06. The third kappa shape index (κ3) is 1.33. The molecule has 0 aromatic carbocycles. The van der Waals surface area contributed by atoms with E-state index in [2.05, 4.69) is 6.58 Å². The molecule has 51 valence electrons. The van der Waals surface area contributed by atoms with Crippen molar-refractivity contribution in [2.45, 2.75) is 6.42 Å². The molecular weight excluding hydrogens is 144 g/mol. The van der Waals surface area contributed by atoms with Gasteiger partial charge in [0.25, 0.3) is 0 Å². The largest absolute Gasteiger partial charge is 0.284 e. The maximum atomic E-state index is 10.2. The van der Waals surface area contributed by atoms with Crippen LogP contribution >= 0.6 is 11.3 Å².